The molecular weight excluding hydrogens is 290 g/mol. The summed E-state index contributed by atoms with van der Waals surface area (Å²) in [7, 11) is 0. The molecule has 0 aliphatic heterocycles. The summed E-state index contributed by atoms with van der Waals surface area (Å²) in [5.41, 5.74) is 3.51. The zero-order valence-corrected chi connectivity index (χ0v) is 12.2. The maximum atomic E-state index is 5.78. The average Bonchev–Trinajstić information content (AvgIpc) is 2.42. The predicted molar refractivity (Wildman–Crippen MR) is 77.5 cm³/mol. The van der Waals surface area contributed by atoms with Gasteiger partial charge in [0.15, 0.2) is 0 Å². The van der Waals surface area contributed by atoms with Gasteiger partial charge in [0, 0.05) is 17.1 Å². The summed E-state index contributed by atoms with van der Waals surface area (Å²) < 4.78 is 5.78. The third-order valence-electron chi connectivity index (χ3n) is 2.79. The van der Waals surface area contributed by atoms with Gasteiger partial charge in [-0.25, -0.2) is 4.98 Å². The molecule has 0 aliphatic carbocycles. The van der Waals surface area contributed by atoms with Crippen molar-refractivity contribution < 1.29 is 4.74 Å². The first kappa shape index (κ1) is 13.1. The molecule has 0 saturated heterocycles. The molecule has 18 heavy (non-hydrogen) atoms. The highest BCUT2D eigenvalue weighted by Gasteiger charge is 2.04. The van der Waals surface area contributed by atoms with Crippen LogP contribution in [-0.4, -0.2) is 4.98 Å². The Bertz CT molecular complexity index is 523. The van der Waals surface area contributed by atoms with E-state index in [4.69, 9.17) is 4.74 Å². The number of aryl methyl sites for hydroxylation is 2. The van der Waals surface area contributed by atoms with Crippen molar-refractivity contribution in [3.63, 3.8) is 0 Å². The Balaban J connectivity index is 2.17. The van der Waals surface area contributed by atoms with Crippen molar-refractivity contribution in [1.29, 1.82) is 0 Å². The normalized spacial score (nSPS) is 10.4. The second-order valence-electron chi connectivity index (χ2n) is 4.20. The van der Waals surface area contributed by atoms with Crippen molar-refractivity contribution >= 4 is 15.9 Å². The average molecular weight is 306 g/mol. The van der Waals surface area contributed by atoms with E-state index >= 15 is 0 Å². The molecule has 94 valence electrons. The van der Waals surface area contributed by atoms with Gasteiger partial charge in [-0.3, -0.25) is 0 Å². The van der Waals surface area contributed by atoms with Crippen LogP contribution in [0.15, 0.2) is 36.5 Å². The predicted octanol–water partition coefficient (Wildman–Crippen LogP) is 4.64. The minimum absolute atomic E-state index is 0.670. The molecule has 2 aromatic rings. The minimum Gasteiger partial charge on any atom is -0.439 e. The summed E-state index contributed by atoms with van der Waals surface area (Å²) in [6.45, 7) is 4.15. The van der Waals surface area contributed by atoms with Crippen LogP contribution in [0.4, 0.5) is 0 Å². The molecule has 0 unspecified atom stereocenters. The first-order chi connectivity index (χ1) is 8.72. The summed E-state index contributed by atoms with van der Waals surface area (Å²) in [6, 6.07) is 10.2. The highest BCUT2D eigenvalue weighted by Crippen LogP contribution is 2.24. The van der Waals surface area contributed by atoms with Crippen LogP contribution >= 0.6 is 15.9 Å². The molecule has 3 heteroatoms. The van der Waals surface area contributed by atoms with Crippen molar-refractivity contribution in [2.45, 2.75) is 25.6 Å². The van der Waals surface area contributed by atoms with Gasteiger partial charge >= 0.3 is 0 Å². The zero-order chi connectivity index (χ0) is 13.0. The van der Waals surface area contributed by atoms with E-state index in [2.05, 4.69) is 46.0 Å². The molecule has 1 aromatic carbocycles. The third kappa shape index (κ3) is 3.10. The lowest BCUT2D eigenvalue weighted by atomic mass is 10.2. The summed E-state index contributed by atoms with van der Waals surface area (Å²) in [4.78, 5) is 4.33. The molecule has 0 amide bonds. The number of halogens is 1. The Hall–Kier alpha value is -1.35. The second-order valence-corrected chi connectivity index (χ2v) is 4.76. The smallest absolute Gasteiger partial charge is 0.222 e. The molecule has 0 radical (unpaired) electrons. The van der Waals surface area contributed by atoms with Crippen LogP contribution < -0.4 is 4.74 Å². The van der Waals surface area contributed by atoms with Crippen LogP contribution in [-0.2, 0) is 11.8 Å². The van der Waals surface area contributed by atoms with Crippen LogP contribution in [0.3, 0.4) is 0 Å². The van der Waals surface area contributed by atoms with Gasteiger partial charge in [0.25, 0.3) is 0 Å². The van der Waals surface area contributed by atoms with Gasteiger partial charge in [-0.05, 0) is 42.7 Å². The minimum atomic E-state index is 0.670. The van der Waals surface area contributed by atoms with Crippen molar-refractivity contribution in [3.8, 4) is 11.6 Å². The van der Waals surface area contributed by atoms with Crippen LogP contribution in [0.2, 0.25) is 0 Å². The van der Waals surface area contributed by atoms with Gasteiger partial charge in [-0.1, -0.05) is 35.0 Å². The maximum absolute atomic E-state index is 5.78. The lowest BCUT2D eigenvalue weighted by molar-refractivity contribution is 0.458. The van der Waals surface area contributed by atoms with Gasteiger partial charge in [-0.15, -0.1) is 0 Å². The van der Waals surface area contributed by atoms with E-state index in [9.17, 15) is 0 Å². The van der Waals surface area contributed by atoms with Gasteiger partial charge in [0.2, 0.25) is 5.88 Å². The maximum Gasteiger partial charge on any atom is 0.222 e. The lowest BCUT2D eigenvalue weighted by Gasteiger charge is -2.08. The van der Waals surface area contributed by atoms with E-state index in [1.807, 2.05) is 25.3 Å². The SMILES string of the molecule is CCc1ccc(Oc2ncc(CBr)cc2C)cc1. The largest absolute Gasteiger partial charge is 0.439 e. The van der Waals surface area contributed by atoms with E-state index in [1.165, 1.54) is 5.56 Å². The molecule has 0 saturated carbocycles. The standard InChI is InChI=1S/C15H16BrNO/c1-3-12-4-6-14(7-5-12)18-15-11(2)8-13(9-16)10-17-15/h4-8,10H,3,9H2,1-2H3. The van der Waals surface area contributed by atoms with Gasteiger partial charge in [0.1, 0.15) is 5.75 Å². The number of benzene rings is 1. The summed E-state index contributed by atoms with van der Waals surface area (Å²) in [6.07, 6.45) is 2.87. The number of alkyl halides is 1. The molecule has 0 atom stereocenters. The fourth-order valence-corrected chi connectivity index (χ4v) is 2.01. The highest BCUT2D eigenvalue weighted by molar-refractivity contribution is 9.08. The zero-order valence-electron chi connectivity index (χ0n) is 10.6. The Morgan fingerprint density at radius 3 is 2.44 bits per heavy atom. The molecule has 1 heterocycles. The monoisotopic (exact) mass is 305 g/mol. The van der Waals surface area contributed by atoms with E-state index in [-0.39, 0.29) is 0 Å². The number of hydrogen-bond acceptors (Lipinski definition) is 2. The van der Waals surface area contributed by atoms with Crippen LogP contribution in [0.5, 0.6) is 11.6 Å². The van der Waals surface area contributed by atoms with E-state index in [0.29, 0.717) is 5.88 Å². The fraction of sp³-hybridized carbons (Fsp3) is 0.267. The molecule has 1 aromatic heterocycles. The van der Waals surface area contributed by atoms with Crippen LogP contribution in [0.1, 0.15) is 23.6 Å². The lowest BCUT2D eigenvalue weighted by Crippen LogP contribution is -1.93. The Kier molecular flexibility index (Phi) is 4.37. The number of rotatable bonds is 4. The number of nitrogens with zero attached hydrogens (tertiary/aromatic N) is 1. The first-order valence-electron chi connectivity index (χ1n) is 6.01. The van der Waals surface area contributed by atoms with Gasteiger partial charge in [-0.2, -0.15) is 0 Å². The van der Waals surface area contributed by atoms with E-state index < -0.39 is 0 Å². The van der Waals surface area contributed by atoms with Gasteiger partial charge in [0.05, 0.1) is 0 Å². The molecule has 2 rings (SSSR count). The van der Waals surface area contributed by atoms with Gasteiger partial charge < -0.3 is 4.74 Å². The first-order valence-corrected chi connectivity index (χ1v) is 7.13. The molecule has 0 fully saturated rings. The van der Waals surface area contributed by atoms with Crippen LogP contribution in [0, 0.1) is 6.92 Å². The molecule has 0 bridgehead atoms. The van der Waals surface area contributed by atoms with Crippen molar-refractivity contribution in [2.75, 3.05) is 0 Å². The Morgan fingerprint density at radius 2 is 1.89 bits per heavy atom. The highest BCUT2D eigenvalue weighted by atomic mass is 79.9. The number of aromatic nitrogens is 1. The van der Waals surface area contributed by atoms with Crippen LogP contribution in [0.25, 0.3) is 0 Å². The Labute approximate surface area is 116 Å². The number of ether oxygens (including phenoxy) is 1. The summed E-state index contributed by atoms with van der Waals surface area (Å²) in [5, 5.41) is 0.812. The number of hydrogen-bond donors (Lipinski definition) is 0. The molecule has 0 spiro atoms. The molecule has 0 aliphatic rings. The molecule has 2 nitrogen and oxygen atoms in total. The summed E-state index contributed by atoms with van der Waals surface area (Å²) >= 11 is 3.42. The third-order valence-corrected chi connectivity index (χ3v) is 3.43. The molecule has 0 N–H and O–H groups in total. The van der Waals surface area contributed by atoms with Crippen molar-refractivity contribution in [2.24, 2.45) is 0 Å². The van der Waals surface area contributed by atoms with E-state index in [1.54, 1.807) is 0 Å². The summed E-state index contributed by atoms with van der Waals surface area (Å²) in [5.74, 6) is 1.50. The number of pyridine rings is 1. The molecular formula is C15H16BrNO. The Morgan fingerprint density at radius 1 is 1.17 bits per heavy atom. The van der Waals surface area contributed by atoms with Crippen molar-refractivity contribution in [3.05, 3.63) is 53.2 Å². The quantitative estimate of drug-likeness (QED) is 0.768. The van der Waals surface area contributed by atoms with E-state index in [0.717, 1.165) is 28.6 Å². The van der Waals surface area contributed by atoms with Crippen molar-refractivity contribution in [1.82, 2.24) is 4.98 Å². The topological polar surface area (TPSA) is 22.1 Å². The second kappa shape index (κ2) is 6.01. The fourth-order valence-electron chi connectivity index (χ4n) is 1.71.